The molecule has 0 heterocycles. The second kappa shape index (κ2) is 5.97. The number of amides is 1. The van der Waals surface area contributed by atoms with E-state index >= 15 is 0 Å². The molecule has 0 aliphatic heterocycles. The second-order valence-electron chi connectivity index (χ2n) is 2.15. The molecule has 4 nitrogen and oxygen atoms in total. The summed E-state index contributed by atoms with van der Waals surface area (Å²) in [7, 11) is 1.32. The summed E-state index contributed by atoms with van der Waals surface area (Å²) < 4.78 is 9.52. The fourth-order valence-electron chi connectivity index (χ4n) is 0.561. The Labute approximate surface area is 66.9 Å². The fourth-order valence-corrected chi connectivity index (χ4v) is 0.561. The molecule has 0 spiro atoms. The van der Waals surface area contributed by atoms with Crippen molar-refractivity contribution in [1.82, 2.24) is 5.32 Å². The van der Waals surface area contributed by atoms with Gasteiger partial charge in [-0.2, -0.15) is 0 Å². The van der Waals surface area contributed by atoms with Crippen LogP contribution in [-0.2, 0) is 9.47 Å². The highest BCUT2D eigenvalue weighted by molar-refractivity contribution is 5.66. The van der Waals surface area contributed by atoms with Crippen LogP contribution in [0.1, 0.15) is 20.3 Å². The minimum atomic E-state index is -0.464. The minimum Gasteiger partial charge on any atom is -0.453 e. The molecule has 0 saturated carbocycles. The van der Waals surface area contributed by atoms with Gasteiger partial charge in [0.25, 0.3) is 0 Å². The lowest BCUT2D eigenvalue weighted by molar-refractivity contribution is 0.0411. The SMILES string of the molecule is CCCOC(C)NC(=O)OC. The van der Waals surface area contributed by atoms with Crippen molar-refractivity contribution in [3.63, 3.8) is 0 Å². The molecule has 66 valence electrons. The Kier molecular flexibility index (Phi) is 5.56. The minimum absolute atomic E-state index is 0.276. The van der Waals surface area contributed by atoms with Crippen molar-refractivity contribution in [2.24, 2.45) is 0 Å². The standard InChI is InChI=1S/C7H15NO3/c1-4-5-11-6(2)8-7(9)10-3/h6H,4-5H2,1-3H3,(H,8,9). The largest absolute Gasteiger partial charge is 0.453 e. The molecule has 0 saturated heterocycles. The van der Waals surface area contributed by atoms with Crippen molar-refractivity contribution in [1.29, 1.82) is 0 Å². The zero-order valence-corrected chi connectivity index (χ0v) is 7.22. The quantitative estimate of drug-likeness (QED) is 0.628. The summed E-state index contributed by atoms with van der Waals surface area (Å²) >= 11 is 0. The lowest BCUT2D eigenvalue weighted by atomic mass is 10.5. The Morgan fingerprint density at radius 2 is 2.27 bits per heavy atom. The van der Waals surface area contributed by atoms with Gasteiger partial charge in [-0.3, -0.25) is 5.32 Å². The van der Waals surface area contributed by atoms with Gasteiger partial charge in [0.2, 0.25) is 0 Å². The van der Waals surface area contributed by atoms with E-state index in [1.807, 2.05) is 6.92 Å². The number of hydrogen-bond acceptors (Lipinski definition) is 3. The van der Waals surface area contributed by atoms with Crippen molar-refractivity contribution in [2.75, 3.05) is 13.7 Å². The van der Waals surface area contributed by atoms with Gasteiger partial charge in [-0.15, -0.1) is 0 Å². The molecule has 0 radical (unpaired) electrons. The van der Waals surface area contributed by atoms with E-state index in [4.69, 9.17) is 4.74 Å². The van der Waals surface area contributed by atoms with Crippen LogP contribution in [0, 0.1) is 0 Å². The topological polar surface area (TPSA) is 47.6 Å². The van der Waals surface area contributed by atoms with E-state index in [9.17, 15) is 4.79 Å². The number of ether oxygens (including phenoxy) is 2. The van der Waals surface area contributed by atoms with Crippen LogP contribution in [0.3, 0.4) is 0 Å². The van der Waals surface area contributed by atoms with Crippen LogP contribution in [0.15, 0.2) is 0 Å². The summed E-state index contributed by atoms with van der Waals surface area (Å²) in [6.45, 7) is 4.41. The molecule has 0 rings (SSSR count). The van der Waals surface area contributed by atoms with Crippen LogP contribution in [0.5, 0.6) is 0 Å². The number of hydrogen-bond donors (Lipinski definition) is 1. The van der Waals surface area contributed by atoms with E-state index in [0.29, 0.717) is 6.61 Å². The molecule has 4 heteroatoms. The molecule has 11 heavy (non-hydrogen) atoms. The third-order valence-electron chi connectivity index (χ3n) is 1.08. The van der Waals surface area contributed by atoms with Crippen molar-refractivity contribution in [2.45, 2.75) is 26.5 Å². The highest BCUT2D eigenvalue weighted by Crippen LogP contribution is 1.88. The third-order valence-corrected chi connectivity index (χ3v) is 1.08. The highest BCUT2D eigenvalue weighted by atomic mass is 16.6. The van der Waals surface area contributed by atoms with Crippen LogP contribution in [-0.4, -0.2) is 26.0 Å². The summed E-state index contributed by atoms with van der Waals surface area (Å²) in [5.74, 6) is 0. The summed E-state index contributed by atoms with van der Waals surface area (Å²) in [4.78, 5) is 10.6. The molecule has 0 aliphatic rings. The molecule has 1 unspecified atom stereocenters. The van der Waals surface area contributed by atoms with E-state index in [-0.39, 0.29) is 6.23 Å². The van der Waals surface area contributed by atoms with Crippen LogP contribution < -0.4 is 5.32 Å². The van der Waals surface area contributed by atoms with E-state index in [0.717, 1.165) is 6.42 Å². The maximum Gasteiger partial charge on any atom is 0.408 e. The Morgan fingerprint density at radius 1 is 1.64 bits per heavy atom. The van der Waals surface area contributed by atoms with Gasteiger partial charge < -0.3 is 9.47 Å². The first-order valence-electron chi connectivity index (χ1n) is 3.66. The molecule has 1 atom stereocenters. The second-order valence-corrected chi connectivity index (χ2v) is 2.15. The summed E-state index contributed by atoms with van der Waals surface area (Å²) in [6, 6.07) is 0. The van der Waals surface area contributed by atoms with Crippen LogP contribution in [0.25, 0.3) is 0 Å². The fraction of sp³-hybridized carbons (Fsp3) is 0.857. The van der Waals surface area contributed by atoms with Gasteiger partial charge >= 0.3 is 6.09 Å². The lowest BCUT2D eigenvalue weighted by Gasteiger charge is -2.12. The molecular weight excluding hydrogens is 146 g/mol. The van der Waals surface area contributed by atoms with Crippen molar-refractivity contribution in [3.8, 4) is 0 Å². The molecule has 1 N–H and O–H groups in total. The average molecular weight is 161 g/mol. The van der Waals surface area contributed by atoms with Crippen LogP contribution in [0.2, 0.25) is 0 Å². The molecule has 0 fully saturated rings. The number of carbonyl (C=O) groups excluding carboxylic acids is 1. The molecule has 0 aliphatic carbocycles. The van der Waals surface area contributed by atoms with E-state index in [2.05, 4.69) is 10.1 Å². The number of alkyl carbamates (subject to hydrolysis) is 1. The average Bonchev–Trinajstić information content (AvgIpc) is 2.00. The predicted molar refractivity (Wildman–Crippen MR) is 41.2 cm³/mol. The van der Waals surface area contributed by atoms with Gasteiger partial charge in [0, 0.05) is 6.61 Å². The molecule has 0 bridgehead atoms. The summed E-state index contributed by atoms with van der Waals surface area (Å²) in [5, 5.41) is 2.48. The van der Waals surface area contributed by atoms with Crippen LogP contribution in [0.4, 0.5) is 4.79 Å². The first kappa shape index (κ1) is 10.2. The smallest absolute Gasteiger partial charge is 0.408 e. The maximum absolute atomic E-state index is 10.6. The molecule has 0 aromatic rings. The molecule has 0 aromatic carbocycles. The zero-order valence-electron chi connectivity index (χ0n) is 7.22. The summed E-state index contributed by atoms with van der Waals surface area (Å²) in [5.41, 5.74) is 0. The summed E-state index contributed by atoms with van der Waals surface area (Å²) in [6.07, 6.45) is 0.198. The Hall–Kier alpha value is -0.770. The first-order valence-corrected chi connectivity index (χ1v) is 3.66. The van der Waals surface area contributed by atoms with E-state index < -0.39 is 6.09 Å². The number of nitrogens with one attached hydrogen (secondary N) is 1. The van der Waals surface area contributed by atoms with Gasteiger partial charge in [0.15, 0.2) is 0 Å². The normalized spacial score (nSPS) is 12.3. The monoisotopic (exact) mass is 161 g/mol. The van der Waals surface area contributed by atoms with Gasteiger partial charge in [0.1, 0.15) is 6.23 Å². The molecule has 1 amide bonds. The Bertz CT molecular complexity index is 116. The Morgan fingerprint density at radius 3 is 2.73 bits per heavy atom. The molecular formula is C7H15NO3. The van der Waals surface area contributed by atoms with Gasteiger partial charge in [-0.05, 0) is 13.3 Å². The van der Waals surface area contributed by atoms with Gasteiger partial charge in [-0.1, -0.05) is 6.92 Å². The van der Waals surface area contributed by atoms with Crippen LogP contribution >= 0.6 is 0 Å². The zero-order chi connectivity index (χ0) is 8.69. The van der Waals surface area contributed by atoms with Crippen molar-refractivity contribution < 1.29 is 14.3 Å². The molecule has 0 aromatic heterocycles. The van der Waals surface area contributed by atoms with Gasteiger partial charge in [0.05, 0.1) is 7.11 Å². The predicted octanol–water partition coefficient (Wildman–Crippen LogP) is 1.11. The highest BCUT2D eigenvalue weighted by Gasteiger charge is 2.04. The number of methoxy groups -OCH3 is 1. The maximum atomic E-state index is 10.6. The van der Waals surface area contributed by atoms with Crippen molar-refractivity contribution >= 4 is 6.09 Å². The number of rotatable bonds is 4. The van der Waals surface area contributed by atoms with Gasteiger partial charge in [-0.25, -0.2) is 4.79 Å². The number of carbonyl (C=O) groups is 1. The third kappa shape index (κ3) is 5.66. The van der Waals surface area contributed by atoms with E-state index in [1.54, 1.807) is 6.92 Å². The lowest BCUT2D eigenvalue weighted by Crippen LogP contribution is -2.34. The Balaban J connectivity index is 3.35. The van der Waals surface area contributed by atoms with Crippen molar-refractivity contribution in [3.05, 3.63) is 0 Å². The first-order chi connectivity index (χ1) is 5.20. The van der Waals surface area contributed by atoms with E-state index in [1.165, 1.54) is 7.11 Å².